The molecule has 0 aliphatic heterocycles. The van der Waals surface area contributed by atoms with Crippen LogP contribution in [-0.2, 0) is 6.42 Å². The fourth-order valence-corrected chi connectivity index (χ4v) is 2.36. The van der Waals surface area contributed by atoms with E-state index in [1.54, 1.807) is 18.2 Å². The van der Waals surface area contributed by atoms with E-state index in [1.807, 2.05) is 6.07 Å². The third kappa shape index (κ3) is 2.28. The van der Waals surface area contributed by atoms with Crippen molar-refractivity contribution in [1.82, 2.24) is 10.2 Å². The average Bonchev–Trinajstić information content (AvgIpc) is 2.81. The van der Waals surface area contributed by atoms with E-state index in [0.29, 0.717) is 6.42 Å². The lowest BCUT2D eigenvalue weighted by atomic mass is 10.0. The van der Waals surface area contributed by atoms with Gasteiger partial charge in [-0.15, -0.1) is 0 Å². The molecule has 0 bridgehead atoms. The zero-order valence-corrected chi connectivity index (χ0v) is 11.1. The number of hydrogen-bond donors (Lipinski definition) is 2. The van der Waals surface area contributed by atoms with Crippen LogP contribution in [0.4, 0.5) is 0 Å². The molecule has 100 valence electrons. The molecule has 0 fully saturated rings. The van der Waals surface area contributed by atoms with E-state index < -0.39 is 5.97 Å². The Morgan fingerprint density at radius 3 is 2.85 bits per heavy atom. The van der Waals surface area contributed by atoms with Gasteiger partial charge in [0, 0.05) is 17.5 Å². The Morgan fingerprint density at radius 2 is 2.10 bits per heavy atom. The van der Waals surface area contributed by atoms with E-state index >= 15 is 0 Å². The van der Waals surface area contributed by atoms with Crippen LogP contribution in [0, 0.1) is 6.92 Å². The summed E-state index contributed by atoms with van der Waals surface area (Å²) >= 11 is 0. The van der Waals surface area contributed by atoms with Crippen molar-refractivity contribution in [3.63, 3.8) is 0 Å². The topological polar surface area (TPSA) is 66.0 Å². The second kappa shape index (κ2) is 4.81. The number of aryl methyl sites for hydroxylation is 1. The van der Waals surface area contributed by atoms with E-state index in [2.05, 4.69) is 35.3 Å². The van der Waals surface area contributed by atoms with Gasteiger partial charge in [0.25, 0.3) is 0 Å². The summed E-state index contributed by atoms with van der Waals surface area (Å²) in [6, 6.07) is 13.2. The molecule has 0 spiro atoms. The van der Waals surface area contributed by atoms with Gasteiger partial charge in [-0.2, -0.15) is 5.10 Å². The molecule has 4 heteroatoms. The second-order valence-corrected chi connectivity index (χ2v) is 4.91. The summed E-state index contributed by atoms with van der Waals surface area (Å²) in [6.07, 6.45) is 0.710. The quantitative estimate of drug-likeness (QED) is 0.765. The Labute approximate surface area is 116 Å². The number of hydrogen-bond acceptors (Lipinski definition) is 2. The van der Waals surface area contributed by atoms with E-state index in [0.717, 1.165) is 16.6 Å². The van der Waals surface area contributed by atoms with Crippen LogP contribution in [0.3, 0.4) is 0 Å². The molecule has 0 saturated heterocycles. The lowest BCUT2D eigenvalue weighted by Gasteiger charge is -2.02. The van der Waals surface area contributed by atoms with Crippen molar-refractivity contribution in [1.29, 1.82) is 0 Å². The van der Waals surface area contributed by atoms with Crippen LogP contribution in [0.1, 0.15) is 27.2 Å². The Kier molecular flexibility index (Phi) is 2.99. The number of fused-ring (bicyclic) bond motifs is 1. The number of aromatic nitrogens is 2. The van der Waals surface area contributed by atoms with Crippen molar-refractivity contribution in [2.45, 2.75) is 13.3 Å². The van der Waals surface area contributed by atoms with Crippen LogP contribution < -0.4 is 0 Å². The highest BCUT2D eigenvalue weighted by atomic mass is 16.4. The first-order chi connectivity index (χ1) is 9.63. The number of nitrogens with zero attached hydrogens (tertiary/aromatic N) is 1. The standard InChI is InChI=1S/C16H14N2O2/c1-10-3-2-4-11(7-10)8-15-13-9-12(16(19)20)5-6-14(13)17-18-15/h2-7,9H,8H2,1H3,(H,17,18)(H,19,20). The van der Waals surface area contributed by atoms with Gasteiger partial charge in [-0.05, 0) is 30.7 Å². The lowest BCUT2D eigenvalue weighted by molar-refractivity contribution is 0.0697. The number of aromatic carboxylic acids is 1. The lowest BCUT2D eigenvalue weighted by Crippen LogP contribution is -1.95. The van der Waals surface area contributed by atoms with Gasteiger partial charge in [0.15, 0.2) is 0 Å². The summed E-state index contributed by atoms with van der Waals surface area (Å²) in [5, 5.41) is 17.2. The minimum absolute atomic E-state index is 0.282. The van der Waals surface area contributed by atoms with Gasteiger partial charge >= 0.3 is 5.97 Å². The molecule has 2 N–H and O–H groups in total. The molecular formula is C16H14N2O2. The van der Waals surface area contributed by atoms with Crippen LogP contribution in [0.2, 0.25) is 0 Å². The maximum atomic E-state index is 11.1. The third-order valence-electron chi connectivity index (χ3n) is 3.34. The highest BCUT2D eigenvalue weighted by Crippen LogP contribution is 2.20. The Morgan fingerprint density at radius 1 is 1.25 bits per heavy atom. The molecule has 3 rings (SSSR count). The van der Waals surface area contributed by atoms with E-state index in [9.17, 15) is 4.79 Å². The van der Waals surface area contributed by atoms with Crippen molar-refractivity contribution >= 4 is 16.9 Å². The van der Waals surface area contributed by atoms with Crippen LogP contribution in [0.5, 0.6) is 0 Å². The first-order valence-corrected chi connectivity index (χ1v) is 6.39. The number of H-pyrrole nitrogens is 1. The highest BCUT2D eigenvalue weighted by molar-refractivity contribution is 5.94. The molecule has 0 atom stereocenters. The zero-order chi connectivity index (χ0) is 14.1. The van der Waals surface area contributed by atoms with E-state index in [-0.39, 0.29) is 5.56 Å². The van der Waals surface area contributed by atoms with Crippen molar-refractivity contribution in [3.8, 4) is 0 Å². The number of benzene rings is 2. The van der Waals surface area contributed by atoms with Crippen molar-refractivity contribution in [2.75, 3.05) is 0 Å². The van der Waals surface area contributed by atoms with Gasteiger partial charge in [-0.25, -0.2) is 4.79 Å². The molecule has 0 unspecified atom stereocenters. The zero-order valence-electron chi connectivity index (χ0n) is 11.1. The molecule has 20 heavy (non-hydrogen) atoms. The molecule has 0 aliphatic rings. The van der Waals surface area contributed by atoms with Gasteiger partial charge in [0.2, 0.25) is 0 Å². The maximum absolute atomic E-state index is 11.1. The van der Waals surface area contributed by atoms with Crippen molar-refractivity contribution in [2.24, 2.45) is 0 Å². The average molecular weight is 266 g/mol. The largest absolute Gasteiger partial charge is 0.478 e. The van der Waals surface area contributed by atoms with Crippen LogP contribution >= 0.6 is 0 Å². The fourth-order valence-electron chi connectivity index (χ4n) is 2.36. The first-order valence-electron chi connectivity index (χ1n) is 6.39. The highest BCUT2D eigenvalue weighted by Gasteiger charge is 2.10. The predicted octanol–water partition coefficient (Wildman–Crippen LogP) is 3.16. The maximum Gasteiger partial charge on any atom is 0.335 e. The summed E-state index contributed by atoms with van der Waals surface area (Å²) in [5.41, 5.74) is 4.39. The molecule has 0 radical (unpaired) electrons. The monoisotopic (exact) mass is 266 g/mol. The molecular weight excluding hydrogens is 252 g/mol. The fraction of sp³-hybridized carbons (Fsp3) is 0.125. The van der Waals surface area contributed by atoms with Gasteiger partial charge < -0.3 is 5.11 Å². The summed E-state index contributed by atoms with van der Waals surface area (Å²) in [7, 11) is 0. The molecule has 1 aromatic heterocycles. The van der Waals surface area contributed by atoms with Gasteiger partial charge in [0.1, 0.15) is 0 Å². The smallest absolute Gasteiger partial charge is 0.335 e. The summed E-state index contributed by atoms with van der Waals surface area (Å²) in [5.74, 6) is -0.922. The van der Waals surface area contributed by atoms with Crippen LogP contribution in [0.25, 0.3) is 10.9 Å². The van der Waals surface area contributed by atoms with E-state index in [1.165, 1.54) is 11.1 Å². The molecule has 4 nitrogen and oxygen atoms in total. The van der Waals surface area contributed by atoms with Crippen LogP contribution in [-0.4, -0.2) is 21.3 Å². The molecule has 1 heterocycles. The Bertz CT molecular complexity index is 790. The first kappa shape index (κ1) is 12.4. The number of aromatic amines is 1. The number of carboxylic acids is 1. The molecule has 0 amide bonds. The molecule has 2 aromatic carbocycles. The van der Waals surface area contributed by atoms with Crippen molar-refractivity contribution < 1.29 is 9.90 Å². The molecule has 0 saturated carbocycles. The van der Waals surface area contributed by atoms with Crippen molar-refractivity contribution in [3.05, 3.63) is 64.8 Å². The normalized spacial score (nSPS) is 10.8. The summed E-state index contributed by atoms with van der Waals surface area (Å²) < 4.78 is 0. The van der Waals surface area contributed by atoms with Crippen LogP contribution in [0.15, 0.2) is 42.5 Å². The molecule has 3 aromatic rings. The number of nitrogens with one attached hydrogen (secondary N) is 1. The minimum atomic E-state index is -0.922. The Hall–Kier alpha value is -2.62. The third-order valence-corrected chi connectivity index (χ3v) is 3.34. The van der Waals surface area contributed by atoms with Gasteiger partial charge in [-0.1, -0.05) is 29.8 Å². The molecule has 0 aliphatic carbocycles. The van der Waals surface area contributed by atoms with E-state index in [4.69, 9.17) is 5.11 Å². The van der Waals surface area contributed by atoms with Gasteiger partial charge in [-0.3, -0.25) is 5.10 Å². The number of carbonyl (C=O) groups is 1. The Balaban J connectivity index is 2.03. The summed E-state index contributed by atoms with van der Waals surface area (Å²) in [4.78, 5) is 11.1. The van der Waals surface area contributed by atoms with Gasteiger partial charge in [0.05, 0.1) is 11.1 Å². The number of rotatable bonds is 3. The minimum Gasteiger partial charge on any atom is -0.478 e. The SMILES string of the molecule is Cc1cccc(Cc2[nH]nc3ccc(C(=O)O)cc23)c1. The number of carboxylic acid groups (broad SMARTS) is 1. The second-order valence-electron chi connectivity index (χ2n) is 4.91. The predicted molar refractivity (Wildman–Crippen MR) is 77.0 cm³/mol. The summed E-state index contributed by atoms with van der Waals surface area (Å²) in [6.45, 7) is 2.05.